The van der Waals surface area contributed by atoms with Crippen LogP contribution in [-0.4, -0.2) is 15.1 Å². The van der Waals surface area contributed by atoms with Gasteiger partial charge >= 0.3 is 0 Å². The number of thioether (sulfide) groups is 1. The summed E-state index contributed by atoms with van der Waals surface area (Å²) in [7, 11) is 0. The van der Waals surface area contributed by atoms with E-state index in [2.05, 4.69) is 31.2 Å². The highest BCUT2D eigenvalue weighted by Crippen LogP contribution is 2.33. The second-order valence-corrected chi connectivity index (χ2v) is 8.37. The summed E-state index contributed by atoms with van der Waals surface area (Å²) in [6.07, 6.45) is 3.44. The first-order valence-electron chi connectivity index (χ1n) is 9.15. The van der Waals surface area contributed by atoms with Crippen LogP contribution in [0.15, 0.2) is 76.2 Å². The SMILES string of the molecule is Cc1ccc(COc2ccc(C=C3SC(=S)N(Cc4ccco4)C3=O)cc2)cc1. The molecule has 6 heteroatoms. The lowest BCUT2D eigenvalue weighted by molar-refractivity contribution is -0.122. The van der Waals surface area contributed by atoms with E-state index in [1.165, 1.54) is 17.3 Å². The number of nitrogens with zero attached hydrogens (tertiary/aromatic N) is 1. The molecule has 0 radical (unpaired) electrons. The Bertz CT molecular complexity index is 1040. The summed E-state index contributed by atoms with van der Waals surface area (Å²) in [5.74, 6) is 1.39. The van der Waals surface area contributed by atoms with Crippen molar-refractivity contribution >= 4 is 40.3 Å². The highest BCUT2D eigenvalue weighted by atomic mass is 32.2. The molecule has 4 rings (SSSR count). The Morgan fingerprint density at radius 2 is 1.86 bits per heavy atom. The Labute approximate surface area is 179 Å². The first kappa shape index (κ1) is 19.5. The second-order valence-electron chi connectivity index (χ2n) is 6.69. The largest absolute Gasteiger partial charge is 0.489 e. The molecule has 2 heterocycles. The Kier molecular flexibility index (Phi) is 5.83. The molecule has 1 aromatic heterocycles. The molecule has 0 saturated carbocycles. The van der Waals surface area contributed by atoms with Gasteiger partial charge in [0.15, 0.2) is 0 Å². The standard InChI is InChI=1S/C23H19NO3S2/c1-16-4-6-18(7-5-16)15-27-19-10-8-17(9-11-19)13-21-22(25)24(23(28)29-21)14-20-3-2-12-26-20/h2-13H,14-15H2,1H3. The summed E-state index contributed by atoms with van der Waals surface area (Å²) >= 11 is 6.67. The molecule has 2 aromatic carbocycles. The highest BCUT2D eigenvalue weighted by molar-refractivity contribution is 8.26. The van der Waals surface area contributed by atoms with Crippen molar-refractivity contribution in [1.29, 1.82) is 0 Å². The van der Waals surface area contributed by atoms with E-state index in [9.17, 15) is 4.79 Å². The van der Waals surface area contributed by atoms with E-state index in [4.69, 9.17) is 21.4 Å². The molecule has 1 amide bonds. The van der Waals surface area contributed by atoms with Crippen molar-refractivity contribution in [1.82, 2.24) is 4.90 Å². The second kappa shape index (κ2) is 8.68. The number of benzene rings is 2. The molecule has 1 fully saturated rings. The number of carbonyl (C=O) groups excluding carboxylic acids is 1. The first-order chi connectivity index (χ1) is 14.1. The van der Waals surface area contributed by atoms with Crippen molar-refractivity contribution in [2.24, 2.45) is 0 Å². The van der Waals surface area contributed by atoms with E-state index in [0.29, 0.717) is 28.1 Å². The third-order valence-electron chi connectivity index (χ3n) is 4.47. The van der Waals surface area contributed by atoms with Gasteiger partial charge in [-0.1, -0.05) is 65.9 Å². The summed E-state index contributed by atoms with van der Waals surface area (Å²) in [5.41, 5.74) is 3.28. The smallest absolute Gasteiger partial charge is 0.266 e. The van der Waals surface area contributed by atoms with E-state index in [1.807, 2.05) is 36.4 Å². The van der Waals surface area contributed by atoms with Crippen molar-refractivity contribution in [3.8, 4) is 5.75 Å². The van der Waals surface area contributed by atoms with Crippen LogP contribution in [-0.2, 0) is 17.9 Å². The van der Waals surface area contributed by atoms with E-state index in [1.54, 1.807) is 17.2 Å². The maximum atomic E-state index is 12.7. The lowest BCUT2D eigenvalue weighted by atomic mass is 10.1. The van der Waals surface area contributed by atoms with Crippen LogP contribution in [0.25, 0.3) is 6.08 Å². The number of furan rings is 1. The monoisotopic (exact) mass is 421 g/mol. The molecule has 1 aliphatic rings. The van der Waals surface area contributed by atoms with Crippen molar-refractivity contribution in [2.75, 3.05) is 0 Å². The van der Waals surface area contributed by atoms with E-state index >= 15 is 0 Å². The fraction of sp³-hybridized carbons (Fsp3) is 0.130. The van der Waals surface area contributed by atoms with Gasteiger partial charge in [-0.2, -0.15) is 0 Å². The topological polar surface area (TPSA) is 42.7 Å². The minimum absolute atomic E-state index is 0.101. The van der Waals surface area contributed by atoms with Crippen LogP contribution in [0.2, 0.25) is 0 Å². The molecule has 1 saturated heterocycles. The van der Waals surface area contributed by atoms with Gasteiger partial charge in [0.1, 0.15) is 22.4 Å². The van der Waals surface area contributed by atoms with Gasteiger partial charge < -0.3 is 9.15 Å². The van der Waals surface area contributed by atoms with E-state index < -0.39 is 0 Å². The van der Waals surface area contributed by atoms with Crippen LogP contribution >= 0.6 is 24.0 Å². The minimum atomic E-state index is -0.101. The molecular weight excluding hydrogens is 402 g/mol. The van der Waals surface area contributed by atoms with E-state index in [0.717, 1.165) is 16.9 Å². The maximum absolute atomic E-state index is 12.7. The summed E-state index contributed by atoms with van der Waals surface area (Å²) in [5, 5.41) is 0. The van der Waals surface area contributed by atoms with Crippen LogP contribution in [0.4, 0.5) is 0 Å². The molecule has 29 heavy (non-hydrogen) atoms. The molecule has 0 N–H and O–H groups in total. The summed E-state index contributed by atoms with van der Waals surface area (Å²) in [4.78, 5) is 14.8. The van der Waals surface area contributed by atoms with Gasteiger partial charge in [0.2, 0.25) is 0 Å². The molecule has 3 aromatic rings. The average Bonchev–Trinajstić information content (AvgIpc) is 3.33. The number of hydrogen-bond acceptors (Lipinski definition) is 5. The molecule has 4 nitrogen and oxygen atoms in total. The van der Waals surface area contributed by atoms with Gasteiger partial charge in [0, 0.05) is 0 Å². The maximum Gasteiger partial charge on any atom is 0.266 e. The van der Waals surface area contributed by atoms with Crippen LogP contribution < -0.4 is 4.74 Å². The zero-order chi connectivity index (χ0) is 20.2. The van der Waals surface area contributed by atoms with Gasteiger partial charge in [-0.3, -0.25) is 9.69 Å². The number of hydrogen-bond donors (Lipinski definition) is 0. The zero-order valence-corrected chi connectivity index (χ0v) is 17.5. The normalized spacial score (nSPS) is 15.3. The predicted octanol–water partition coefficient (Wildman–Crippen LogP) is 5.57. The van der Waals surface area contributed by atoms with Crippen molar-refractivity contribution in [3.05, 3.63) is 94.3 Å². The molecule has 146 valence electrons. The molecule has 0 atom stereocenters. The third-order valence-corrected chi connectivity index (χ3v) is 5.85. The first-order valence-corrected chi connectivity index (χ1v) is 10.4. The average molecular weight is 422 g/mol. The van der Waals surface area contributed by atoms with Crippen LogP contribution in [0.3, 0.4) is 0 Å². The van der Waals surface area contributed by atoms with Gasteiger partial charge in [-0.25, -0.2) is 0 Å². The quantitative estimate of drug-likeness (QED) is 0.385. The van der Waals surface area contributed by atoms with Crippen molar-refractivity contribution in [3.63, 3.8) is 0 Å². The molecule has 1 aliphatic heterocycles. The fourth-order valence-corrected chi connectivity index (χ4v) is 4.11. The van der Waals surface area contributed by atoms with Gasteiger partial charge in [0.05, 0.1) is 17.7 Å². The molecule has 0 bridgehead atoms. The van der Waals surface area contributed by atoms with Gasteiger partial charge in [0.25, 0.3) is 5.91 Å². The number of aryl methyl sites for hydroxylation is 1. The van der Waals surface area contributed by atoms with Crippen LogP contribution in [0.1, 0.15) is 22.5 Å². The van der Waals surface area contributed by atoms with Crippen LogP contribution in [0.5, 0.6) is 5.75 Å². The number of carbonyl (C=O) groups is 1. The zero-order valence-electron chi connectivity index (χ0n) is 15.8. The molecule has 0 unspecified atom stereocenters. The molecule has 0 spiro atoms. The Morgan fingerprint density at radius 1 is 1.10 bits per heavy atom. The summed E-state index contributed by atoms with van der Waals surface area (Å²) < 4.78 is 11.7. The van der Waals surface area contributed by atoms with Crippen molar-refractivity contribution < 1.29 is 13.9 Å². The number of rotatable bonds is 6. The molecular formula is C23H19NO3S2. The Morgan fingerprint density at radius 3 is 2.55 bits per heavy atom. The van der Waals surface area contributed by atoms with Gasteiger partial charge in [-0.05, 0) is 48.4 Å². The lowest BCUT2D eigenvalue weighted by Gasteiger charge is -2.12. The third kappa shape index (κ3) is 4.78. The lowest BCUT2D eigenvalue weighted by Crippen LogP contribution is -2.27. The Hall–Kier alpha value is -2.83. The van der Waals surface area contributed by atoms with Gasteiger partial charge in [-0.15, -0.1) is 0 Å². The predicted molar refractivity (Wildman–Crippen MR) is 119 cm³/mol. The van der Waals surface area contributed by atoms with E-state index in [-0.39, 0.29) is 5.91 Å². The summed E-state index contributed by atoms with van der Waals surface area (Å²) in [6, 6.07) is 19.6. The highest BCUT2D eigenvalue weighted by Gasteiger charge is 2.32. The molecule has 0 aliphatic carbocycles. The fourth-order valence-electron chi connectivity index (χ4n) is 2.86. The number of amides is 1. The number of ether oxygens (including phenoxy) is 1. The van der Waals surface area contributed by atoms with Crippen LogP contribution in [0, 0.1) is 6.92 Å². The Balaban J connectivity index is 1.39. The number of thiocarbonyl (C=S) groups is 1. The summed E-state index contributed by atoms with van der Waals surface area (Å²) in [6.45, 7) is 2.93. The minimum Gasteiger partial charge on any atom is -0.489 e. The van der Waals surface area contributed by atoms with Crippen molar-refractivity contribution in [2.45, 2.75) is 20.1 Å².